The molecule has 0 unspecified atom stereocenters. The van der Waals surface area contributed by atoms with E-state index >= 15 is 0 Å². The minimum atomic E-state index is -0.266. The third kappa shape index (κ3) is 6.70. The largest absolute Gasteiger partial charge is 0.493 e. The first kappa shape index (κ1) is 21.5. The number of ether oxygens (including phenoxy) is 2. The lowest BCUT2D eigenvalue weighted by Gasteiger charge is -2.09. The molecule has 0 heterocycles. The smallest absolute Gasteiger partial charge is 0.251 e. The van der Waals surface area contributed by atoms with Crippen LogP contribution in [0.25, 0.3) is 6.08 Å². The van der Waals surface area contributed by atoms with Crippen LogP contribution < -0.4 is 20.1 Å². The Morgan fingerprint density at radius 1 is 1.14 bits per heavy atom. The summed E-state index contributed by atoms with van der Waals surface area (Å²) in [5.74, 6) is 0.529. The van der Waals surface area contributed by atoms with Gasteiger partial charge in [-0.15, -0.1) is 0 Å². The Labute approximate surface area is 169 Å². The van der Waals surface area contributed by atoms with E-state index in [4.69, 9.17) is 14.7 Å². The third-order valence-electron chi connectivity index (χ3n) is 3.90. The molecule has 0 saturated heterocycles. The molecule has 29 heavy (non-hydrogen) atoms. The molecule has 0 aromatic heterocycles. The summed E-state index contributed by atoms with van der Waals surface area (Å²) in [6.07, 6.45) is 3.06. The fourth-order valence-corrected chi connectivity index (χ4v) is 2.52. The van der Waals surface area contributed by atoms with Crippen LogP contribution in [0.15, 0.2) is 48.5 Å². The van der Waals surface area contributed by atoms with Gasteiger partial charge in [0.15, 0.2) is 18.1 Å². The van der Waals surface area contributed by atoms with E-state index in [-0.39, 0.29) is 18.4 Å². The number of benzene rings is 2. The number of amides is 2. The Kier molecular flexibility index (Phi) is 8.27. The molecule has 2 aromatic carbocycles. The average molecular weight is 393 g/mol. The number of nitrogens with zero attached hydrogens (tertiary/aromatic N) is 1. The zero-order chi connectivity index (χ0) is 21.1. The maximum absolute atomic E-state index is 12.1. The predicted molar refractivity (Wildman–Crippen MR) is 109 cm³/mol. The minimum Gasteiger partial charge on any atom is -0.493 e. The average Bonchev–Trinajstić information content (AvgIpc) is 2.75. The van der Waals surface area contributed by atoms with E-state index in [2.05, 4.69) is 10.6 Å². The first-order chi connectivity index (χ1) is 14.1. The highest BCUT2D eigenvalue weighted by Crippen LogP contribution is 2.28. The van der Waals surface area contributed by atoms with Crippen molar-refractivity contribution >= 4 is 17.9 Å². The fraction of sp³-hybridized carbons (Fsp3) is 0.227. The molecule has 0 spiro atoms. The normalized spacial score (nSPS) is 10.2. The molecule has 0 aliphatic heterocycles. The topological polar surface area (TPSA) is 100 Å². The quantitative estimate of drug-likeness (QED) is 0.638. The Bertz CT molecular complexity index is 932. The molecular formula is C22H23N3O4. The van der Waals surface area contributed by atoms with Crippen molar-refractivity contribution in [3.05, 3.63) is 65.2 Å². The zero-order valence-corrected chi connectivity index (χ0v) is 16.4. The minimum absolute atomic E-state index is 0.0742. The van der Waals surface area contributed by atoms with Crippen molar-refractivity contribution in [1.82, 2.24) is 10.6 Å². The molecule has 150 valence electrons. The van der Waals surface area contributed by atoms with Crippen LogP contribution >= 0.6 is 0 Å². The molecule has 7 heteroatoms. The summed E-state index contributed by atoms with van der Waals surface area (Å²) in [5, 5.41) is 14.1. The number of carbonyl (C=O) groups excluding carboxylic acids is 2. The van der Waals surface area contributed by atoms with Crippen LogP contribution in [0.5, 0.6) is 11.5 Å². The predicted octanol–water partition coefficient (Wildman–Crippen LogP) is 2.68. The fourth-order valence-electron chi connectivity index (χ4n) is 2.52. The van der Waals surface area contributed by atoms with Gasteiger partial charge in [-0.1, -0.05) is 18.2 Å². The summed E-state index contributed by atoms with van der Waals surface area (Å²) in [6.45, 7) is 2.65. The first-order valence-corrected chi connectivity index (χ1v) is 9.08. The number of hydrogen-bond donors (Lipinski definition) is 2. The van der Waals surface area contributed by atoms with E-state index in [1.165, 1.54) is 13.2 Å². The van der Waals surface area contributed by atoms with Crippen LogP contribution in [0, 0.1) is 11.3 Å². The molecule has 0 bridgehead atoms. The number of carbonyl (C=O) groups is 2. The van der Waals surface area contributed by atoms with Gasteiger partial charge in [-0.2, -0.15) is 5.26 Å². The van der Waals surface area contributed by atoms with Crippen LogP contribution in [-0.4, -0.2) is 32.1 Å². The summed E-state index contributed by atoms with van der Waals surface area (Å²) in [5.41, 5.74) is 2.13. The van der Waals surface area contributed by atoms with Gasteiger partial charge < -0.3 is 20.1 Å². The zero-order valence-electron chi connectivity index (χ0n) is 16.4. The summed E-state index contributed by atoms with van der Waals surface area (Å²) in [4.78, 5) is 24.0. The SMILES string of the molecule is CCNC(=O)c1cccc(CNC(=O)/C=C/c2ccc(OCC#N)c(OC)c2)c1. The third-order valence-corrected chi connectivity index (χ3v) is 3.90. The Morgan fingerprint density at radius 2 is 1.97 bits per heavy atom. The maximum atomic E-state index is 12.1. The lowest BCUT2D eigenvalue weighted by molar-refractivity contribution is -0.116. The van der Waals surface area contributed by atoms with Crippen molar-refractivity contribution < 1.29 is 19.1 Å². The van der Waals surface area contributed by atoms with Gasteiger partial charge in [-0.3, -0.25) is 9.59 Å². The number of methoxy groups -OCH3 is 1. The van der Waals surface area contributed by atoms with E-state index in [0.717, 1.165) is 11.1 Å². The van der Waals surface area contributed by atoms with Crippen LogP contribution in [0.4, 0.5) is 0 Å². The second-order valence-electron chi connectivity index (χ2n) is 5.97. The van der Waals surface area contributed by atoms with Gasteiger partial charge in [-0.25, -0.2) is 0 Å². The molecule has 0 saturated carbocycles. The molecule has 0 aliphatic rings. The van der Waals surface area contributed by atoms with Crippen molar-refractivity contribution in [2.75, 3.05) is 20.3 Å². The Hall–Kier alpha value is -3.79. The van der Waals surface area contributed by atoms with E-state index in [9.17, 15) is 9.59 Å². The second-order valence-corrected chi connectivity index (χ2v) is 5.97. The van der Waals surface area contributed by atoms with Crippen molar-refractivity contribution in [3.8, 4) is 17.6 Å². The van der Waals surface area contributed by atoms with E-state index in [1.807, 2.05) is 19.1 Å². The molecule has 2 rings (SSSR count). The Balaban J connectivity index is 1.95. The number of nitriles is 1. The van der Waals surface area contributed by atoms with Gasteiger partial charge in [0.25, 0.3) is 5.91 Å². The molecular weight excluding hydrogens is 370 g/mol. The lowest BCUT2D eigenvalue weighted by Crippen LogP contribution is -2.23. The highest BCUT2D eigenvalue weighted by molar-refractivity contribution is 5.94. The summed E-state index contributed by atoms with van der Waals surface area (Å²) < 4.78 is 10.5. The van der Waals surface area contributed by atoms with Crippen LogP contribution in [0.2, 0.25) is 0 Å². The highest BCUT2D eigenvalue weighted by Gasteiger charge is 2.06. The maximum Gasteiger partial charge on any atom is 0.251 e. The summed E-state index contributed by atoms with van der Waals surface area (Å²) >= 11 is 0. The molecule has 0 aliphatic carbocycles. The van der Waals surface area contributed by atoms with Crippen LogP contribution in [0.1, 0.15) is 28.4 Å². The molecule has 0 atom stereocenters. The molecule has 2 aromatic rings. The van der Waals surface area contributed by atoms with Gasteiger partial charge in [0.05, 0.1) is 7.11 Å². The monoisotopic (exact) mass is 393 g/mol. The number of nitrogens with one attached hydrogen (secondary N) is 2. The lowest BCUT2D eigenvalue weighted by atomic mass is 10.1. The Morgan fingerprint density at radius 3 is 2.69 bits per heavy atom. The van der Waals surface area contributed by atoms with Crippen LogP contribution in [-0.2, 0) is 11.3 Å². The van der Waals surface area contributed by atoms with Gasteiger partial charge >= 0.3 is 0 Å². The van der Waals surface area contributed by atoms with Crippen molar-refractivity contribution in [2.24, 2.45) is 0 Å². The van der Waals surface area contributed by atoms with Crippen molar-refractivity contribution in [1.29, 1.82) is 5.26 Å². The van der Waals surface area contributed by atoms with Crippen molar-refractivity contribution in [2.45, 2.75) is 13.5 Å². The highest BCUT2D eigenvalue weighted by atomic mass is 16.5. The van der Waals surface area contributed by atoms with E-state index in [1.54, 1.807) is 42.5 Å². The van der Waals surface area contributed by atoms with E-state index in [0.29, 0.717) is 30.2 Å². The first-order valence-electron chi connectivity index (χ1n) is 9.08. The van der Waals surface area contributed by atoms with Crippen molar-refractivity contribution in [3.63, 3.8) is 0 Å². The summed E-state index contributed by atoms with van der Waals surface area (Å²) in [6, 6.07) is 14.2. The molecule has 7 nitrogen and oxygen atoms in total. The molecule has 0 fully saturated rings. The van der Waals surface area contributed by atoms with Gasteiger partial charge in [0, 0.05) is 24.7 Å². The van der Waals surface area contributed by atoms with Crippen LogP contribution in [0.3, 0.4) is 0 Å². The second kappa shape index (κ2) is 11.1. The summed E-state index contributed by atoms with van der Waals surface area (Å²) in [7, 11) is 1.50. The van der Waals surface area contributed by atoms with Gasteiger partial charge in [-0.05, 0) is 48.4 Å². The molecule has 2 N–H and O–H groups in total. The molecule has 2 amide bonds. The number of hydrogen-bond acceptors (Lipinski definition) is 5. The van der Waals surface area contributed by atoms with Gasteiger partial charge in [0.1, 0.15) is 6.07 Å². The number of rotatable bonds is 9. The molecule has 0 radical (unpaired) electrons. The standard InChI is InChI=1S/C22H23N3O4/c1-3-24-22(27)18-6-4-5-17(13-18)15-25-21(26)10-8-16-7-9-19(29-12-11-23)20(14-16)28-2/h4-10,13-14H,3,12,15H2,1-2H3,(H,24,27)(H,25,26)/b10-8+. The van der Waals surface area contributed by atoms with Gasteiger partial charge in [0.2, 0.25) is 5.91 Å². The van der Waals surface area contributed by atoms with E-state index < -0.39 is 0 Å².